The van der Waals surface area contributed by atoms with Crippen LogP contribution in [0.15, 0.2) is 48.5 Å². The average molecular weight is 354 g/mol. The normalized spacial score (nSPS) is 10.2. The second kappa shape index (κ2) is 9.51. The van der Waals surface area contributed by atoms with E-state index in [4.69, 9.17) is 0 Å². The van der Waals surface area contributed by atoms with E-state index in [1.54, 1.807) is 24.3 Å². The van der Waals surface area contributed by atoms with E-state index in [0.717, 1.165) is 30.4 Å². The molecule has 5 heteroatoms. The van der Waals surface area contributed by atoms with Gasteiger partial charge in [0.2, 0.25) is 0 Å². The first-order valence-electron chi connectivity index (χ1n) is 8.70. The number of benzene rings is 2. The molecule has 2 aromatic carbocycles. The highest BCUT2D eigenvalue weighted by Gasteiger charge is 2.20. The average Bonchev–Trinajstić information content (AvgIpc) is 2.66. The van der Waals surface area contributed by atoms with Crippen LogP contribution >= 0.6 is 0 Å². The van der Waals surface area contributed by atoms with Crippen LogP contribution in [0.5, 0.6) is 0 Å². The Balaban J connectivity index is 2.02. The Morgan fingerprint density at radius 2 is 1.58 bits per heavy atom. The van der Waals surface area contributed by atoms with E-state index in [9.17, 15) is 14.4 Å². The van der Waals surface area contributed by atoms with Crippen molar-refractivity contribution < 1.29 is 23.9 Å². The molecular weight excluding hydrogens is 332 g/mol. The number of aryl methyl sites for hydroxylation is 2. The summed E-state index contributed by atoms with van der Waals surface area (Å²) in [7, 11) is 0. The molecule has 0 atom stereocenters. The molecule has 0 aromatic heterocycles. The summed E-state index contributed by atoms with van der Waals surface area (Å²) < 4.78 is 9.23. The van der Waals surface area contributed by atoms with E-state index in [-0.39, 0.29) is 5.56 Å². The van der Waals surface area contributed by atoms with Gasteiger partial charge in [0.25, 0.3) is 0 Å². The van der Waals surface area contributed by atoms with Crippen LogP contribution in [0.4, 0.5) is 4.79 Å². The van der Waals surface area contributed by atoms with E-state index >= 15 is 0 Å². The summed E-state index contributed by atoms with van der Waals surface area (Å²) in [5, 5.41) is 0. The van der Waals surface area contributed by atoms with E-state index in [0.29, 0.717) is 12.0 Å². The highest BCUT2D eigenvalue weighted by Crippen LogP contribution is 2.16. The zero-order valence-electron chi connectivity index (χ0n) is 15.0. The van der Waals surface area contributed by atoms with Crippen molar-refractivity contribution in [2.75, 3.05) is 0 Å². The van der Waals surface area contributed by atoms with Crippen molar-refractivity contribution >= 4 is 18.1 Å². The number of carbonyl (C=O) groups excluding carboxylic acids is 3. The number of rotatable bonds is 6. The molecule has 0 amide bonds. The standard InChI is InChI=1S/C21H22O5/c1-3-5-9-15-12-13-18(16(4-2)14-15)20(23)26-21(24)25-19(22)17-10-7-6-8-11-17/h6-8,10-14H,3-5,9H2,1-2H3. The van der Waals surface area contributed by atoms with E-state index < -0.39 is 18.1 Å². The van der Waals surface area contributed by atoms with Gasteiger partial charge in [-0.05, 0) is 48.6 Å². The van der Waals surface area contributed by atoms with Gasteiger partial charge in [-0.3, -0.25) is 0 Å². The number of unbranched alkanes of at least 4 members (excludes halogenated alkanes) is 1. The molecule has 0 radical (unpaired) electrons. The molecule has 0 bridgehead atoms. The minimum absolute atomic E-state index is 0.200. The number of hydrogen-bond acceptors (Lipinski definition) is 5. The Hall–Kier alpha value is -2.95. The third-order valence-corrected chi connectivity index (χ3v) is 3.95. The summed E-state index contributed by atoms with van der Waals surface area (Å²) in [6.45, 7) is 4.04. The fourth-order valence-electron chi connectivity index (χ4n) is 2.54. The van der Waals surface area contributed by atoms with Gasteiger partial charge in [-0.25, -0.2) is 14.4 Å². The summed E-state index contributed by atoms with van der Waals surface area (Å²) in [5.74, 6) is -1.69. The molecule has 0 aliphatic carbocycles. The quantitative estimate of drug-likeness (QED) is 0.554. The van der Waals surface area contributed by atoms with Gasteiger partial charge in [0, 0.05) is 0 Å². The monoisotopic (exact) mass is 354 g/mol. The lowest BCUT2D eigenvalue weighted by Gasteiger charge is -2.09. The molecule has 0 fully saturated rings. The summed E-state index contributed by atoms with van der Waals surface area (Å²) in [5.41, 5.74) is 2.44. The van der Waals surface area contributed by atoms with Crippen molar-refractivity contribution in [3.63, 3.8) is 0 Å². The maximum atomic E-state index is 12.2. The lowest BCUT2D eigenvalue weighted by Crippen LogP contribution is -2.19. The van der Waals surface area contributed by atoms with Gasteiger partial charge in [0.1, 0.15) is 0 Å². The van der Waals surface area contributed by atoms with E-state index in [1.165, 1.54) is 12.1 Å². The lowest BCUT2D eigenvalue weighted by atomic mass is 9.99. The fraction of sp³-hybridized carbons (Fsp3) is 0.286. The highest BCUT2D eigenvalue weighted by molar-refractivity contribution is 6.01. The van der Waals surface area contributed by atoms with Gasteiger partial charge in [0.15, 0.2) is 0 Å². The minimum atomic E-state index is -1.33. The first kappa shape index (κ1) is 19.4. The smallest absolute Gasteiger partial charge is 0.356 e. The topological polar surface area (TPSA) is 69.7 Å². The first-order chi connectivity index (χ1) is 12.5. The Morgan fingerprint density at radius 3 is 2.23 bits per heavy atom. The van der Waals surface area contributed by atoms with Gasteiger partial charge < -0.3 is 9.47 Å². The molecule has 0 spiro atoms. The summed E-state index contributed by atoms with van der Waals surface area (Å²) in [4.78, 5) is 35.8. The van der Waals surface area contributed by atoms with Crippen molar-refractivity contribution in [2.24, 2.45) is 0 Å². The van der Waals surface area contributed by atoms with Crippen LogP contribution < -0.4 is 0 Å². The Morgan fingerprint density at radius 1 is 0.885 bits per heavy atom. The van der Waals surface area contributed by atoms with Gasteiger partial charge in [0.05, 0.1) is 11.1 Å². The van der Waals surface area contributed by atoms with Crippen LogP contribution in [-0.2, 0) is 22.3 Å². The summed E-state index contributed by atoms with van der Waals surface area (Å²) in [6.07, 6.45) is 2.39. The van der Waals surface area contributed by atoms with E-state index in [1.807, 2.05) is 19.1 Å². The highest BCUT2D eigenvalue weighted by atomic mass is 16.8. The molecular formula is C21H22O5. The molecule has 0 N–H and O–H groups in total. The number of esters is 2. The van der Waals surface area contributed by atoms with Crippen LogP contribution in [0.1, 0.15) is 58.5 Å². The zero-order valence-corrected chi connectivity index (χ0v) is 15.0. The van der Waals surface area contributed by atoms with Crippen LogP contribution in [0.25, 0.3) is 0 Å². The number of carbonyl (C=O) groups is 3. The SMILES string of the molecule is CCCCc1ccc(C(=O)OC(=O)OC(=O)c2ccccc2)c(CC)c1. The minimum Gasteiger partial charge on any atom is -0.356 e. The second-order valence-corrected chi connectivity index (χ2v) is 5.84. The van der Waals surface area contributed by atoms with Crippen LogP contribution in [0.2, 0.25) is 0 Å². The Bertz CT molecular complexity index is 780. The van der Waals surface area contributed by atoms with Crippen molar-refractivity contribution in [3.05, 3.63) is 70.8 Å². The third-order valence-electron chi connectivity index (χ3n) is 3.95. The second-order valence-electron chi connectivity index (χ2n) is 5.84. The van der Waals surface area contributed by atoms with Crippen molar-refractivity contribution in [1.82, 2.24) is 0 Å². The summed E-state index contributed by atoms with van der Waals surface area (Å²) in [6, 6.07) is 13.5. The molecule has 0 unspecified atom stereocenters. The van der Waals surface area contributed by atoms with Gasteiger partial charge in [-0.2, -0.15) is 0 Å². The van der Waals surface area contributed by atoms with Crippen LogP contribution in [0.3, 0.4) is 0 Å². The molecule has 0 aliphatic rings. The predicted octanol–water partition coefficient (Wildman–Crippen LogP) is 4.73. The molecule has 2 aromatic rings. The third kappa shape index (κ3) is 5.28. The molecule has 5 nitrogen and oxygen atoms in total. The molecule has 0 saturated carbocycles. The van der Waals surface area contributed by atoms with Crippen molar-refractivity contribution in [3.8, 4) is 0 Å². The van der Waals surface area contributed by atoms with Gasteiger partial charge in [-0.15, -0.1) is 0 Å². The Kier molecular flexibility index (Phi) is 7.09. The lowest BCUT2D eigenvalue weighted by molar-refractivity contribution is 0.0337. The maximum Gasteiger partial charge on any atom is 0.524 e. The van der Waals surface area contributed by atoms with Crippen LogP contribution in [0, 0.1) is 0 Å². The van der Waals surface area contributed by atoms with Gasteiger partial charge in [-0.1, -0.05) is 50.6 Å². The number of ether oxygens (including phenoxy) is 2. The molecule has 0 aliphatic heterocycles. The molecule has 2 rings (SSSR count). The molecule has 0 saturated heterocycles. The molecule has 0 heterocycles. The van der Waals surface area contributed by atoms with E-state index in [2.05, 4.69) is 16.4 Å². The molecule has 26 heavy (non-hydrogen) atoms. The van der Waals surface area contributed by atoms with Crippen molar-refractivity contribution in [1.29, 1.82) is 0 Å². The largest absolute Gasteiger partial charge is 0.524 e. The maximum absolute atomic E-state index is 12.2. The zero-order chi connectivity index (χ0) is 18.9. The Labute approximate surface area is 152 Å². The predicted molar refractivity (Wildman–Crippen MR) is 97.1 cm³/mol. The van der Waals surface area contributed by atoms with Crippen LogP contribution in [-0.4, -0.2) is 18.1 Å². The van der Waals surface area contributed by atoms with Crippen molar-refractivity contribution in [2.45, 2.75) is 39.5 Å². The first-order valence-corrected chi connectivity index (χ1v) is 8.70. The fourth-order valence-corrected chi connectivity index (χ4v) is 2.54. The molecule has 136 valence electrons. The summed E-state index contributed by atoms with van der Waals surface area (Å²) >= 11 is 0. The number of hydrogen-bond donors (Lipinski definition) is 0. The van der Waals surface area contributed by atoms with Gasteiger partial charge >= 0.3 is 18.1 Å².